The van der Waals surface area contributed by atoms with Gasteiger partial charge in [0.2, 0.25) is 10.0 Å². The number of nitrogens with one attached hydrogen (secondary N) is 1. The second kappa shape index (κ2) is 4.94. The van der Waals surface area contributed by atoms with Gasteiger partial charge in [0.15, 0.2) is 0 Å². The molecule has 0 radical (unpaired) electrons. The molecule has 17 heavy (non-hydrogen) atoms. The molecule has 1 atom stereocenters. The standard InChI is InChI=1S/C11H15ClN2O2S/c1-9-8-13-6-7-14(9)17(15,16)11-4-2-10(12)3-5-11/h2-5,9,13H,6-8H2,1H3/t9-/m1/s1. The van der Waals surface area contributed by atoms with Crippen LogP contribution in [0, 0.1) is 0 Å². The number of nitrogens with zero attached hydrogens (tertiary/aromatic N) is 1. The van der Waals surface area contributed by atoms with Crippen LogP contribution in [0.2, 0.25) is 5.02 Å². The Morgan fingerprint density at radius 2 is 2.00 bits per heavy atom. The maximum atomic E-state index is 12.4. The minimum absolute atomic E-state index is 0.0237. The van der Waals surface area contributed by atoms with Gasteiger partial charge < -0.3 is 5.32 Å². The second-order valence-electron chi connectivity index (χ2n) is 4.12. The molecule has 0 aromatic heterocycles. The predicted octanol–water partition coefficient (Wildman–Crippen LogP) is 1.32. The third-order valence-corrected chi connectivity index (χ3v) is 5.14. The average Bonchev–Trinajstić information content (AvgIpc) is 2.30. The minimum atomic E-state index is -3.39. The quantitative estimate of drug-likeness (QED) is 0.885. The highest BCUT2D eigenvalue weighted by molar-refractivity contribution is 7.89. The van der Waals surface area contributed by atoms with Gasteiger partial charge in [-0.15, -0.1) is 0 Å². The van der Waals surface area contributed by atoms with Crippen molar-refractivity contribution in [2.24, 2.45) is 0 Å². The number of hydrogen-bond donors (Lipinski definition) is 1. The van der Waals surface area contributed by atoms with Crippen molar-refractivity contribution in [1.82, 2.24) is 9.62 Å². The number of hydrogen-bond acceptors (Lipinski definition) is 3. The average molecular weight is 275 g/mol. The Morgan fingerprint density at radius 1 is 1.35 bits per heavy atom. The fourth-order valence-corrected chi connectivity index (χ4v) is 3.68. The third-order valence-electron chi connectivity index (χ3n) is 2.86. The molecule has 1 N–H and O–H groups in total. The monoisotopic (exact) mass is 274 g/mol. The number of piperazine rings is 1. The molecule has 0 unspecified atom stereocenters. The van der Waals surface area contributed by atoms with Gasteiger partial charge in [-0.2, -0.15) is 4.31 Å². The highest BCUT2D eigenvalue weighted by atomic mass is 35.5. The topological polar surface area (TPSA) is 49.4 Å². The summed E-state index contributed by atoms with van der Waals surface area (Å²) in [6, 6.07) is 6.27. The number of sulfonamides is 1. The lowest BCUT2D eigenvalue weighted by atomic mass is 10.3. The Morgan fingerprint density at radius 3 is 2.59 bits per heavy atom. The van der Waals surface area contributed by atoms with E-state index in [1.807, 2.05) is 6.92 Å². The van der Waals surface area contributed by atoms with Gasteiger partial charge in [-0.25, -0.2) is 8.42 Å². The highest BCUT2D eigenvalue weighted by Gasteiger charge is 2.30. The van der Waals surface area contributed by atoms with E-state index in [9.17, 15) is 8.42 Å². The van der Waals surface area contributed by atoms with Gasteiger partial charge in [0, 0.05) is 30.7 Å². The lowest BCUT2D eigenvalue weighted by Crippen LogP contribution is -2.52. The van der Waals surface area contributed by atoms with Gasteiger partial charge in [0.1, 0.15) is 0 Å². The zero-order chi connectivity index (χ0) is 12.5. The van der Waals surface area contributed by atoms with Crippen molar-refractivity contribution in [3.8, 4) is 0 Å². The number of rotatable bonds is 2. The summed E-state index contributed by atoms with van der Waals surface area (Å²) in [6.07, 6.45) is 0. The van der Waals surface area contributed by atoms with Gasteiger partial charge in [-0.1, -0.05) is 11.6 Å². The summed E-state index contributed by atoms with van der Waals surface area (Å²) in [5.41, 5.74) is 0. The first kappa shape index (κ1) is 12.8. The first-order chi connectivity index (χ1) is 8.01. The van der Waals surface area contributed by atoms with E-state index < -0.39 is 10.0 Å². The normalized spacial score (nSPS) is 22.6. The fourth-order valence-electron chi connectivity index (χ4n) is 1.92. The summed E-state index contributed by atoms with van der Waals surface area (Å²) in [5.74, 6) is 0. The van der Waals surface area contributed by atoms with Crippen LogP contribution in [0.4, 0.5) is 0 Å². The molecular formula is C11H15ClN2O2S. The molecule has 1 aliphatic heterocycles. The summed E-state index contributed by atoms with van der Waals surface area (Å²) >= 11 is 5.76. The smallest absolute Gasteiger partial charge is 0.243 e. The van der Waals surface area contributed by atoms with Crippen molar-refractivity contribution in [2.45, 2.75) is 17.9 Å². The molecule has 1 saturated heterocycles. The van der Waals surface area contributed by atoms with Crippen LogP contribution in [0.3, 0.4) is 0 Å². The molecule has 4 nitrogen and oxygen atoms in total. The summed E-state index contributed by atoms with van der Waals surface area (Å²) < 4.78 is 26.3. The number of benzene rings is 1. The van der Waals surface area contributed by atoms with Crippen molar-refractivity contribution in [1.29, 1.82) is 0 Å². The van der Waals surface area contributed by atoms with E-state index in [4.69, 9.17) is 11.6 Å². The van der Waals surface area contributed by atoms with E-state index in [2.05, 4.69) is 5.32 Å². The Hall–Kier alpha value is -0.620. The summed E-state index contributed by atoms with van der Waals surface area (Å²) in [5, 5.41) is 3.71. The highest BCUT2D eigenvalue weighted by Crippen LogP contribution is 2.20. The molecule has 0 aliphatic carbocycles. The Kier molecular flexibility index (Phi) is 3.73. The molecular weight excluding hydrogens is 260 g/mol. The molecule has 94 valence electrons. The Balaban J connectivity index is 2.32. The molecule has 1 fully saturated rings. The van der Waals surface area contributed by atoms with Gasteiger partial charge in [0.25, 0.3) is 0 Å². The summed E-state index contributed by atoms with van der Waals surface area (Å²) in [4.78, 5) is 0.302. The maximum Gasteiger partial charge on any atom is 0.243 e. The van der Waals surface area contributed by atoms with Crippen LogP contribution in [-0.4, -0.2) is 38.4 Å². The van der Waals surface area contributed by atoms with Crippen LogP contribution in [0.25, 0.3) is 0 Å². The predicted molar refractivity (Wildman–Crippen MR) is 67.7 cm³/mol. The van der Waals surface area contributed by atoms with Gasteiger partial charge in [-0.05, 0) is 31.2 Å². The van der Waals surface area contributed by atoms with E-state index in [0.29, 0.717) is 29.6 Å². The Labute approximate surface area is 107 Å². The van der Waals surface area contributed by atoms with Gasteiger partial charge in [-0.3, -0.25) is 0 Å². The zero-order valence-corrected chi connectivity index (χ0v) is 11.1. The molecule has 2 rings (SSSR count). The lowest BCUT2D eigenvalue weighted by Gasteiger charge is -2.32. The van der Waals surface area contributed by atoms with Crippen molar-refractivity contribution in [3.63, 3.8) is 0 Å². The fraction of sp³-hybridized carbons (Fsp3) is 0.455. The second-order valence-corrected chi connectivity index (χ2v) is 6.45. The van der Waals surface area contributed by atoms with Crippen molar-refractivity contribution in [3.05, 3.63) is 29.3 Å². The van der Waals surface area contributed by atoms with Gasteiger partial charge in [0.05, 0.1) is 4.90 Å². The zero-order valence-electron chi connectivity index (χ0n) is 9.56. The van der Waals surface area contributed by atoms with Crippen LogP contribution in [0.5, 0.6) is 0 Å². The molecule has 1 aromatic rings. The molecule has 0 saturated carbocycles. The van der Waals surface area contributed by atoms with E-state index in [1.54, 1.807) is 24.3 Å². The van der Waals surface area contributed by atoms with Crippen LogP contribution < -0.4 is 5.32 Å². The van der Waals surface area contributed by atoms with E-state index in [0.717, 1.165) is 0 Å². The molecule has 0 bridgehead atoms. The summed E-state index contributed by atoms with van der Waals surface area (Å²) in [7, 11) is -3.39. The van der Waals surface area contributed by atoms with E-state index in [-0.39, 0.29) is 6.04 Å². The third kappa shape index (κ3) is 2.63. The molecule has 0 amide bonds. The largest absolute Gasteiger partial charge is 0.314 e. The minimum Gasteiger partial charge on any atom is -0.314 e. The SMILES string of the molecule is C[C@@H]1CNCCN1S(=O)(=O)c1ccc(Cl)cc1. The van der Waals surface area contributed by atoms with Crippen LogP contribution in [0.1, 0.15) is 6.92 Å². The first-order valence-electron chi connectivity index (χ1n) is 5.50. The van der Waals surface area contributed by atoms with Crippen LogP contribution >= 0.6 is 11.6 Å². The van der Waals surface area contributed by atoms with E-state index >= 15 is 0 Å². The van der Waals surface area contributed by atoms with Crippen LogP contribution in [-0.2, 0) is 10.0 Å². The maximum absolute atomic E-state index is 12.4. The van der Waals surface area contributed by atoms with E-state index in [1.165, 1.54) is 4.31 Å². The number of halogens is 1. The molecule has 1 aromatic carbocycles. The first-order valence-corrected chi connectivity index (χ1v) is 7.32. The van der Waals surface area contributed by atoms with Crippen molar-refractivity contribution >= 4 is 21.6 Å². The van der Waals surface area contributed by atoms with Crippen molar-refractivity contribution < 1.29 is 8.42 Å². The van der Waals surface area contributed by atoms with Crippen molar-refractivity contribution in [2.75, 3.05) is 19.6 Å². The molecule has 0 spiro atoms. The molecule has 6 heteroatoms. The van der Waals surface area contributed by atoms with Crippen LogP contribution in [0.15, 0.2) is 29.2 Å². The summed E-state index contributed by atoms with van der Waals surface area (Å²) in [6.45, 7) is 3.79. The van der Waals surface area contributed by atoms with Gasteiger partial charge >= 0.3 is 0 Å². The molecule has 1 heterocycles. The Bertz CT molecular complexity index is 487. The lowest BCUT2D eigenvalue weighted by molar-refractivity contribution is 0.284. The molecule has 1 aliphatic rings.